The Labute approximate surface area is 123 Å². The van der Waals surface area contributed by atoms with E-state index < -0.39 is 0 Å². The Kier molecular flexibility index (Phi) is 3.33. The maximum Gasteiger partial charge on any atom is 0.298 e. The lowest BCUT2D eigenvalue weighted by Gasteiger charge is -2.11. The summed E-state index contributed by atoms with van der Waals surface area (Å²) < 4.78 is 0. The first kappa shape index (κ1) is 13.0. The Balaban J connectivity index is 1.93. The molecule has 1 aliphatic heterocycles. The van der Waals surface area contributed by atoms with Crippen molar-refractivity contribution in [3.63, 3.8) is 0 Å². The van der Waals surface area contributed by atoms with Crippen molar-refractivity contribution in [2.24, 2.45) is 0 Å². The largest absolute Gasteiger partial charge is 0.508 e. The summed E-state index contributed by atoms with van der Waals surface area (Å²) in [7, 11) is 0. The van der Waals surface area contributed by atoms with E-state index in [1.807, 2.05) is 17.5 Å². The highest BCUT2D eigenvalue weighted by Crippen LogP contribution is 2.36. The van der Waals surface area contributed by atoms with Crippen LogP contribution in [-0.2, 0) is 4.79 Å². The van der Waals surface area contributed by atoms with Crippen molar-refractivity contribution in [3.8, 4) is 5.75 Å². The van der Waals surface area contributed by atoms with Crippen molar-refractivity contribution in [2.45, 2.75) is 0 Å². The van der Waals surface area contributed by atoms with Crippen molar-refractivity contribution in [1.82, 2.24) is 0 Å². The average molecular weight is 303 g/mol. The first-order chi connectivity index (χ1) is 9.65. The number of thiophene rings is 1. The summed E-state index contributed by atoms with van der Waals surface area (Å²) in [6.07, 6.45) is 1.72. The molecule has 1 aliphatic rings. The lowest BCUT2D eigenvalue weighted by Crippen LogP contribution is -2.27. The Morgan fingerprint density at radius 3 is 2.50 bits per heavy atom. The summed E-state index contributed by atoms with van der Waals surface area (Å²) in [6, 6.07) is 9.75. The molecule has 4 nitrogen and oxygen atoms in total. The second-order valence-electron chi connectivity index (χ2n) is 4.05. The van der Waals surface area contributed by atoms with Gasteiger partial charge < -0.3 is 5.11 Å². The van der Waals surface area contributed by atoms with E-state index in [1.165, 1.54) is 23.5 Å². The van der Waals surface area contributed by atoms with Crippen LogP contribution in [0.15, 0.2) is 46.7 Å². The Morgan fingerprint density at radius 1 is 1.10 bits per heavy atom. The third-order valence-electron chi connectivity index (χ3n) is 2.72. The van der Waals surface area contributed by atoms with Gasteiger partial charge in [-0.15, -0.1) is 11.3 Å². The van der Waals surface area contributed by atoms with Crippen LogP contribution in [0.5, 0.6) is 5.75 Å². The number of thioether (sulfide) groups is 1. The van der Waals surface area contributed by atoms with Crippen LogP contribution in [0.4, 0.5) is 10.5 Å². The van der Waals surface area contributed by atoms with Crippen LogP contribution in [-0.4, -0.2) is 16.3 Å². The minimum absolute atomic E-state index is 0.0925. The number of carbonyl (C=O) groups excluding carboxylic acids is 2. The van der Waals surface area contributed by atoms with E-state index in [1.54, 1.807) is 18.2 Å². The molecule has 0 saturated carbocycles. The third-order valence-corrected chi connectivity index (χ3v) is 4.41. The molecule has 1 saturated heterocycles. The summed E-state index contributed by atoms with van der Waals surface area (Å²) in [6.45, 7) is 0. The van der Waals surface area contributed by atoms with Crippen LogP contribution < -0.4 is 4.90 Å². The summed E-state index contributed by atoms with van der Waals surface area (Å²) in [5.41, 5.74) is 0.458. The highest BCUT2D eigenvalue weighted by atomic mass is 32.2. The lowest BCUT2D eigenvalue weighted by atomic mass is 10.2. The zero-order valence-electron chi connectivity index (χ0n) is 10.1. The zero-order chi connectivity index (χ0) is 14.1. The molecular weight excluding hydrogens is 294 g/mol. The van der Waals surface area contributed by atoms with Gasteiger partial charge >= 0.3 is 0 Å². The Morgan fingerprint density at radius 2 is 1.85 bits per heavy atom. The molecule has 0 unspecified atom stereocenters. The fraction of sp³-hybridized carbons (Fsp3) is 0. The molecule has 1 aromatic carbocycles. The molecule has 0 aliphatic carbocycles. The van der Waals surface area contributed by atoms with Crippen molar-refractivity contribution in [3.05, 3.63) is 51.6 Å². The fourth-order valence-electron chi connectivity index (χ4n) is 1.79. The molecule has 6 heteroatoms. The number of anilines is 1. The third kappa shape index (κ3) is 2.35. The molecule has 2 heterocycles. The Bertz CT molecular complexity index is 690. The lowest BCUT2D eigenvalue weighted by molar-refractivity contribution is -0.113. The standard InChI is InChI=1S/C14H9NO3S2/c16-10-5-3-9(4-6-10)15-13(17)12(20-14(15)18)8-11-2-1-7-19-11/h1-8,16H. The van der Waals surface area contributed by atoms with Crippen molar-refractivity contribution in [1.29, 1.82) is 0 Å². The number of nitrogens with zero attached hydrogens (tertiary/aromatic N) is 1. The van der Waals surface area contributed by atoms with Crippen LogP contribution in [0.2, 0.25) is 0 Å². The normalized spacial score (nSPS) is 17.2. The van der Waals surface area contributed by atoms with E-state index in [0.717, 1.165) is 21.5 Å². The SMILES string of the molecule is O=C1SC(=Cc2cccs2)C(=O)N1c1ccc(O)cc1. The van der Waals surface area contributed by atoms with Gasteiger partial charge in [0.1, 0.15) is 5.75 Å². The fourth-order valence-corrected chi connectivity index (χ4v) is 3.36. The molecule has 100 valence electrons. The predicted octanol–water partition coefficient (Wildman–Crippen LogP) is 3.69. The molecule has 0 spiro atoms. The van der Waals surface area contributed by atoms with Crippen LogP contribution in [0.3, 0.4) is 0 Å². The van der Waals surface area contributed by atoms with E-state index in [4.69, 9.17) is 0 Å². The average Bonchev–Trinajstić information content (AvgIpc) is 3.02. The minimum Gasteiger partial charge on any atom is -0.508 e. The van der Waals surface area contributed by atoms with Crippen LogP contribution in [0.1, 0.15) is 4.88 Å². The number of aromatic hydroxyl groups is 1. The van der Waals surface area contributed by atoms with Gasteiger partial charge in [-0.25, -0.2) is 4.90 Å². The molecule has 1 N–H and O–H groups in total. The Hall–Kier alpha value is -2.05. The number of imide groups is 1. The van der Waals surface area contributed by atoms with E-state index in [9.17, 15) is 14.7 Å². The maximum absolute atomic E-state index is 12.3. The topological polar surface area (TPSA) is 57.6 Å². The molecule has 1 aromatic heterocycles. The van der Waals surface area contributed by atoms with E-state index in [0.29, 0.717) is 10.6 Å². The van der Waals surface area contributed by atoms with Gasteiger partial charge in [0.15, 0.2) is 0 Å². The molecule has 3 rings (SSSR count). The number of benzene rings is 1. The van der Waals surface area contributed by atoms with Gasteiger partial charge in [0, 0.05) is 4.88 Å². The van der Waals surface area contributed by atoms with Crippen LogP contribution in [0.25, 0.3) is 6.08 Å². The summed E-state index contributed by atoms with van der Waals surface area (Å²) in [5, 5.41) is 10.8. The maximum atomic E-state index is 12.3. The highest BCUT2D eigenvalue weighted by Gasteiger charge is 2.36. The molecular formula is C14H9NO3S2. The predicted molar refractivity (Wildman–Crippen MR) is 80.9 cm³/mol. The second kappa shape index (κ2) is 5.15. The smallest absolute Gasteiger partial charge is 0.298 e. The number of amides is 2. The molecule has 0 bridgehead atoms. The molecule has 0 atom stereocenters. The summed E-state index contributed by atoms with van der Waals surface area (Å²) in [4.78, 5) is 26.7. The van der Waals surface area contributed by atoms with E-state index >= 15 is 0 Å². The number of hydrogen-bond donors (Lipinski definition) is 1. The number of carbonyl (C=O) groups is 2. The van der Waals surface area contributed by atoms with Crippen molar-refractivity contribution < 1.29 is 14.7 Å². The monoisotopic (exact) mass is 303 g/mol. The van der Waals surface area contributed by atoms with E-state index in [-0.39, 0.29) is 16.9 Å². The molecule has 2 aromatic rings. The van der Waals surface area contributed by atoms with E-state index in [2.05, 4.69) is 0 Å². The molecule has 0 radical (unpaired) electrons. The highest BCUT2D eigenvalue weighted by molar-refractivity contribution is 8.19. The van der Waals surface area contributed by atoms with Gasteiger partial charge in [-0.1, -0.05) is 6.07 Å². The first-order valence-electron chi connectivity index (χ1n) is 5.75. The van der Waals surface area contributed by atoms with Gasteiger partial charge in [0.05, 0.1) is 10.6 Å². The summed E-state index contributed by atoms with van der Waals surface area (Å²) >= 11 is 2.43. The van der Waals surface area contributed by atoms with Crippen molar-refractivity contribution >= 4 is 46.0 Å². The molecule has 2 amide bonds. The number of phenolic OH excluding ortho intramolecular Hbond substituents is 1. The molecule has 20 heavy (non-hydrogen) atoms. The quantitative estimate of drug-likeness (QED) is 0.860. The summed E-state index contributed by atoms with van der Waals surface area (Å²) in [5.74, 6) is -0.242. The zero-order valence-corrected chi connectivity index (χ0v) is 11.8. The van der Waals surface area contributed by atoms with Crippen molar-refractivity contribution in [2.75, 3.05) is 4.90 Å². The van der Waals surface area contributed by atoms with Gasteiger partial charge in [0.25, 0.3) is 11.1 Å². The van der Waals surface area contributed by atoms with Gasteiger partial charge in [-0.3, -0.25) is 9.59 Å². The van der Waals surface area contributed by atoms with Gasteiger partial charge in [0.2, 0.25) is 0 Å². The van der Waals surface area contributed by atoms with Crippen LogP contribution in [0, 0.1) is 0 Å². The first-order valence-corrected chi connectivity index (χ1v) is 7.45. The number of phenols is 1. The minimum atomic E-state index is -0.334. The van der Waals surface area contributed by atoms with Crippen LogP contribution >= 0.6 is 23.1 Å². The molecule has 1 fully saturated rings. The second-order valence-corrected chi connectivity index (χ2v) is 6.02. The van der Waals surface area contributed by atoms with Gasteiger partial charge in [-0.2, -0.15) is 0 Å². The van der Waals surface area contributed by atoms with Gasteiger partial charge in [-0.05, 0) is 53.5 Å². The number of rotatable bonds is 2. The number of hydrogen-bond acceptors (Lipinski definition) is 5.